The van der Waals surface area contributed by atoms with E-state index in [1.54, 1.807) is 0 Å². The molecule has 0 atom stereocenters. The predicted molar refractivity (Wildman–Crippen MR) is 138 cm³/mol. The average molecular weight is 431 g/mol. The third kappa shape index (κ3) is 3.28. The summed E-state index contributed by atoms with van der Waals surface area (Å²) < 4.78 is 13.5. The van der Waals surface area contributed by atoms with Gasteiger partial charge in [-0.1, -0.05) is 97.1 Å². The lowest BCUT2D eigenvalue weighted by Gasteiger charge is -2.13. The third-order valence-electron chi connectivity index (χ3n) is 6.34. The van der Waals surface area contributed by atoms with Crippen molar-refractivity contribution >= 4 is 53.9 Å². The van der Waals surface area contributed by atoms with Crippen molar-refractivity contribution in [3.8, 4) is 0 Å². The van der Waals surface area contributed by atoms with E-state index < -0.39 is 10.8 Å². The molecule has 0 unspecified atom stereocenters. The van der Waals surface area contributed by atoms with E-state index in [9.17, 15) is 4.21 Å². The van der Waals surface area contributed by atoms with Gasteiger partial charge in [-0.25, -0.2) is 0 Å². The van der Waals surface area contributed by atoms with E-state index in [0.717, 1.165) is 11.1 Å². The Hall–Kier alpha value is -3.49. The first kappa shape index (κ1) is 19.2. The quantitative estimate of drug-likeness (QED) is 0.261. The topological polar surface area (TPSA) is 17.1 Å². The van der Waals surface area contributed by atoms with E-state index in [-0.39, 0.29) is 0 Å². The second-order valence-electron chi connectivity index (χ2n) is 8.33. The molecule has 0 saturated heterocycles. The van der Waals surface area contributed by atoms with Crippen LogP contribution < -0.4 is 0 Å². The van der Waals surface area contributed by atoms with Gasteiger partial charge in [-0.05, 0) is 66.3 Å². The molecular formula is C30H22OS. The van der Waals surface area contributed by atoms with Crippen molar-refractivity contribution < 1.29 is 4.21 Å². The largest absolute Gasteiger partial charge is 0.259 e. The van der Waals surface area contributed by atoms with E-state index in [1.807, 2.05) is 0 Å². The number of fused-ring (bicyclic) bond motifs is 6. The van der Waals surface area contributed by atoms with Crippen LogP contribution in [0, 0.1) is 0 Å². The molecular weight excluding hydrogens is 408 g/mol. The molecule has 0 heterocycles. The summed E-state index contributed by atoms with van der Waals surface area (Å²) in [4.78, 5) is 0. The highest BCUT2D eigenvalue weighted by Gasteiger charge is 2.13. The van der Waals surface area contributed by atoms with Gasteiger partial charge in [0.25, 0.3) is 0 Å². The van der Waals surface area contributed by atoms with E-state index >= 15 is 0 Å². The minimum atomic E-state index is -1.02. The van der Waals surface area contributed by atoms with Gasteiger partial charge in [-0.15, -0.1) is 0 Å². The Morgan fingerprint density at radius 1 is 0.438 bits per heavy atom. The zero-order valence-electron chi connectivity index (χ0n) is 17.6. The lowest BCUT2D eigenvalue weighted by molar-refractivity contribution is 0.682. The fraction of sp³-hybridized carbons (Fsp3) is 0.0667. The lowest BCUT2D eigenvalue weighted by atomic mass is 9.98. The Morgan fingerprint density at radius 2 is 0.781 bits per heavy atom. The maximum atomic E-state index is 13.5. The summed E-state index contributed by atoms with van der Waals surface area (Å²) in [5.41, 5.74) is 2.31. The van der Waals surface area contributed by atoms with Crippen molar-refractivity contribution in [2.75, 3.05) is 0 Å². The molecule has 154 valence electrons. The molecule has 0 radical (unpaired) electrons. The predicted octanol–water partition coefficient (Wildman–Crippen LogP) is 7.75. The van der Waals surface area contributed by atoms with Crippen molar-refractivity contribution in [1.29, 1.82) is 0 Å². The van der Waals surface area contributed by atoms with Gasteiger partial charge >= 0.3 is 0 Å². The Morgan fingerprint density at radius 3 is 1.22 bits per heavy atom. The van der Waals surface area contributed by atoms with E-state index in [1.165, 1.54) is 43.1 Å². The number of rotatable bonds is 4. The van der Waals surface area contributed by atoms with Gasteiger partial charge in [0.2, 0.25) is 0 Å². The molecule has 1 nitrogen and oxygen atoms in total. The molecule has 0 aromatic heterocycles. The van der Waals surface area contributed by atoms with Crippen LogP contribution >= 0.6 is 0 Å². The maximum Gasteiger partial charge on any atom is 0.0495 e. The summed E-state index contributed by atoms with van der Waals surface area (Å²) in [5, 5.41) is 9.76. The van der Waals surface area contributed by atoms with Crippen LogP contribution in [0.15, 0.2) is 109 Å². The third-order valence-corrected chi connectivity index (χ3v) is 7.61. The summed E-state index contributed by atoms with van der Waals surface area (Å²) in [6.45, 7) is 0. The monoisotopic (exact) mass is 430 g/mol. The number of hydrogen-bond acceptors (Lipinski definition) is 1. The molecule has 6 aromatic rings. The molecule has 6 rings (SSSR count). The normalized spacial score (nSPS) is 11.8. The zero-order valence-corrected chi connectivity index (χ0v) is 18.4. The Kier molecular flexibility index (Phi) is 4.74. The first-order chi connectivity index (χ1) is 15.8. The fourth-order valence-electron chi connectivity index (χ4n) is 4.90. The Labute approximate surface area is 189 Å². The smallest absolute Gasteiger partial charge is 0.0495 e. The van der Waals surface area contributed by atoms with Crippen LogP contribution in [0.5, 0.6) is 0 Å². The van der Waals surface area contributed by atoms with Crippen LogP contribution in [0.4, 0.5) is 0 Å². The second kappa shape index (κ2) is 7.89. The molecule has 0 amide bonds. The van der Waals surface area contributed by atoms with Gasteiger partial charge in [0.05, 0.1) is 0 Å². The minimum absolute atomic E-state index is 0.548. The average Bonchev–Trinajstić information content (AvgIpc) is 2.84. The summed E-state index contributed by atoms with van der Waals surface area (Å²) in [6, 6.07) is 38.3. The van der Waals surface area contributed by atoms with Crippen LogP contribution in [-0.4, -0.2) is 4.21 Å². The maximum absolute atomic E-state index is 13.5. The number of hydrogen-bond donors (Lipinski definition) is 0. The molecule has 6 aromatic carbocycles. The van der Waals surface area contributed by atoms with Crippen molar-refractivity contribution in [2.24, 2.45) is 0 Å². The number of benzene rings is 6. The van der Waals surface area contributed by atoms with E-state index in [2.05, 4.69) is 109 Å². The highest BCUT2D eigenvalue weighted by molar-refractivity contribution is 7.83. The van der Waals surface area contributed by atoms with Gasteiger partial charge in [0.1, 0.15) is 0 Å². The lowest BCUT2D eigenvalue weighted by Crippen LogP contribution is -2.01. The zero-order chi connectivity index (χ0) is 21.5. The summed E-state index contributed by atoms with van der Waals surface area (Å²) in [6.07, 6.45) is 0. The van der Waals surface area contributed by atoms with Crippen LogP contribution in [0.25, 0.3) is 43.1 Å². The highest BCUT2D eigenvalue weighted by atomic mass is 32.2. The second-order valence-corrected chi connectivity index (χ2v) is 9.79. The van der Waals surface area contributed by atoms with Crippen molar-refractivity contribution in [2.45, 2.75) is 11.5 Å². The minimum Gasteiger partial charge on any atom is -0.259 e. The molecule has 2 heteroatoms. The standard InChI is InChI=1S/C30H22OS/c31-32(19-23-17-21-9-1-3-11-25(21)29-15-7-5-13-27(23)29)20-24-18-22-10-2-4-12-26(22)30-16-8-6-14-28(24)30/h1-18H,19-20H2. The van der Waals surface area contributed by atoms with Gasteiger partial charge < -0.3 is 0 Å². The van der Waals surface area contributed by atoms with Gasteiger partial charge in [-0.2, -0.15) is 0 Å². The molecule has 0 bridgehead atoms. The SMILES string of the molecule is O=S(Cc1cc2ccccc2c2ccccc12)Cc1cc2ccccc2c2ccccc12. The molecule has 0 fully saturated rings. The first-order valence-corrected chi connectivity index (χ1v) is 12.4. The Balaban J connectivity index is 1.42. The summed E-state index contributed by atoms with van der Waals surface area (Å²) in [7, 11) is -1.02. The molecule has 0 N–H and O–H groups in total. The fourth-order valence-corrected chi connectivity index (χ4v) is 6.17. The van der Waals surface area contributed by atoms with Crippen LogP contribution in [0.3, 0.4) is 0 Å². The van der Waals surface area contributed by atoms with Crippen molar-refractivity contribution in [3.63, 3.8) is 0 Å². The van der Waals surface area contributed by atoms with Crippen LogP contribution in [0.1, 0.15) is 11.1 Å². The highest BCUT2D eigenvalue weighted by Crippen LogP contribution is 2.32. The molecule has 0 saturated carbocycles. The molecule has 0 aliphatic rings. The van der Waals surface area contributed by atoms with Gasteiger partial charge in [-0.3, -0.25) is 4.21 Å². The molecule has 0 aliphatic heterocycles. The molecule has 32 heavy (non-hydrogen) atoms. The van der Waals surface area contributed by atoms with E-state index in [4.69, 9.17) is 0 Å². The summed E-state index contributed by atoms with van der Waals surface area (Å²) >= 11 is 0. The van der Waals surface area contributed by atoms with Gasteiger partial charge in [0, 0.05) is 22.3 Å². The van der Waals surface area contributed by atoms with E-state index in [0.29, 0.717) is 11.5 Å². The van der Waals surface area contributed by atoms with Crippen LogP contribution in [0.2, 0.25) is 0 Å². The van der Waals surface area contributed by atoms with Crippen molar-refractivity contribution in [3.05, 3.63) is 120 Å². The molecule has 0 aliphatic carbocycles. The first-order valence-electron chi connectivity index (χ1n) is 10.9. The Bertz CT molecular complexity index is 1520. The van der Waals surface area contributed by atoms with Gasteiger partial charge in [0.15, 0.2) is 0 Å². The van der Waals surface area contributed by atoms with Crippen molar-refractivity contribution in [1.82, 2.24) is 0 Å². The van der Waals surface area contributed by atoms with Crippen LogP contribution in [-0.2, 0) is 22.3 Å². The summed E-state index contributed by atoms with van der Waals surface area (Å²) in [5.74, 6) is 1.10. The molecule has 0 spiro atoms.